The van der Waals surface area contributed by atoms with Crippen LogP contribution < -0.4 is 14.8 Å². The molecule has 0 saturated carbocycles. The highest BCUT2D eigenvalue weighted by molar-refractivity contribution is 5.44. The topological polar surface area (TPSA) is 49.0 Å². The molecule has 3 rings (SSSR count). The van der Waals surface area contributed by atoms with E-state index >= 15 is 0 Å². The van der Waals surface area contributed by atoms with Crippen LogP contribution >= 0.6 is 0 Å². The molecule has 0 aliphatic carbocycles. The molecule has 2 aliphatic heterocycles. The minimum absolute atomic E-state index is 0.326. The van der Waals surface area contributed by atoms with E-state index in [0.717, 1.165) is 57.3 Å². The molecule has 1 fully saturated rings. The van der Waals surface area contributed by atoms with Gasteiger partial charge in [0, 0.05) is 19.8 Å². The van der Waals surface area contributed by atoms with Gasteiger partial charge in [0.2, 0.25) is 6.79 Å². The van der Waals surface area contributed by atoms with Crippen molar-refractivity contribution in [1.82, 2.24) is 5.32 Å². The lowest BCUT2D eigenvalue weighted by atomic mass is 10.2. The number of nitrogens with one attached hydrogen (secondary N) is 1. The van der Waals surface area contributed by atoms with Crippen LogP contribution in [0.3, 0.4) is 0 Å². The number of hydrogen-bond acceptors (Lipinski definition) is 5. The van der Waals surface area contributed by atoms with Gasteiger partial charge in [0.05, 0.1) is 12.7 Å². The van der Waals surface area contributed by atoms with Crippen molar-refractivity contribution in [2.24, 2.45) is 0 Å². The van der Waals surface area contributed by atoms with Crippen LogP contribution in [-0.2, 0) is 16.0 Å². The summed E-state index contributed by atoms with van der Waals surface area (Å²) in [7, 11) is 0. The minimum Gasteiger partial charge on any atom is -0.454 e. The first-order valence-corrected chi connectivity index (χ1v) is 7.70. The average molecular weight is 293 g/mol. The summed E-state index contributed by atoms with van der Waals surface area (Å²) in [6.45, 7) is 4.53. The van der Waals surface area contributed by atoms with E-state index in [0.29, 0.717) is 12.9 Å². The smallest absolute Gasteiger partial charge is 0.231 e. The molecule has 1 aromatic carbocycles. The van der Waals surface area contributed by atoms with Crippen molar-refractivity contribution in [3.8, 4) is 11.5 Å². The van der Waals surface area contributed by atoms with Gasteiger partial charge >= 0.3 is 0 Å². The second-order valence-electron chi connectivity index (χ2n) is 5.43. The fourth-order valence-corrected chi connectivity index (χ4v) is 2.57. The SMILES string of the molecule is c1cc2c(cc1CNCCCOCC1CCCO1)OCO2. The first-order valence-electron chi connectivity index (χ1n) is 7.70. The number of benzene rings is 1. The van der Waals surface area contributed by atoms with Gasteiger partial charge in [0.15, 0.2) is 11.5 Å². The highest BCUT2D eigenvalue weighted by atomic mass is 16.7. The largest absolute Gasteiger partial charge is 0.454 e. The molecule has 5 heteroatoms. The predicted molar refractivity (Wildman–Crippen MR) is 78.7 cm³/mol. The van der Waals surface area contributed by atoms with E-state index in [-0.39, 0.29) is 0 Å². The van der Waals surface area contributed by atoms with Gasteiger partial charge in [-0.2, -0.15) is 0 Å². The quantitative estimate of drug-likeness (QED) is 0.744. The first-order chi connectivity index (χ1) is 10.4. The van der Waals surface area contributed by atoms with Crippen molar-refractivity contribution in [3.63, 3.8) is 0 Å². The third-order valence-corrected chi connectivity index (χ3v) is 3.74. The molecule has 5 nitrogen and oxygen atoms in total. The molecule has 1 N–H and O–H groups in total. The second-order valence-corrected chi connectivity index (χ2v) is 5.43. The van der Waals surface area contributed by atoms with Crippen LogP contribution in [-0.4, -0.2) is 39.3 Å². The molecule has 21 heavy (non-hydrogen) atoms. The Kier molecular flexibility index (Phi) is 5.32. The van der Waals surface area contributed by atoms with E-state index in [2.05, 4.69) is 11.4 Å². The molecular formula is C16H23NO4. The van der Waals surface area contributed by atoms with Crippen molar-refractivity contribution in [2.45, 2.75) is 31.9 Å². The normalized spacial score (nSPS) is 20.1. The molecule has 1 atom stereocenters. The van der Waals surface area contributed by atoms with Gasteiger partial charge < -0.3 is 24.3 Å². The first kappa shape index (κ1) is 14.6. The molecule has 0 amide bonds. The van der Waals surface area contributed by atoms with Crippen LogP contribution in [0.2, 0.25) is 0 Å². The van der Waals surface area contributed by atoms with Gasteiger partial charge in [0.25, 0.3) is 0 Å². The zero-order valence-corrected chi connectivity index (χ0v) is 12.3. The Balaban J connectivity index is 1.25. The summed E-state index contributed by atoms with van der Waals surface area (Å²) < 4.78 is 21.8. The number of ether oxygens (including phenoxy) is 4. The van der Waals surface area contributed by atoms with E-state index in [1.807, 2.05) is 12.1 Å². The third-order valence-electron chi connectivity index (χ3n) is 3.74. The Hall–Kier alpha value is -1.30. The van der Waals surface area contributed by atoms with Crippen LogP contribution in [0.25, 0.3) is 0 Å². The van der Waals surface area contributed by atoms with Gasteiger partial charge in [-0.05, 0) is 43.5 Å². The fourth-order valence-electron chi connectivity index (χ4n) is 2.57. The van der Waals surface area contributed by atoms with Crippen molar-refractivity contribution in [2.75, 3.05) is 33.2 Å². The molecule has 0 bridgehead atoms. The molecular weight excluding hydrogens is 270 g/mol. The Morgan fingerprint density at radius 3 is 3.10 bits per heavy atom. The van der Waals surface area contributed by atoms with Gasteiger partial charge in [-0.15, -0.1) is 0 Å². The average Bonchev–Trinajstić information content (AvgIpc) is 3.17. The number of fused-ring (bicyclic) bond motifs is 1. The lowest BCUT2D eigenvalue weighted by molar-refractivity contribution is 0.0166. The zero-order chi connectivity index (χ0) is 14.3. The monoisotopic (exact) mass is 293 g/mol. The lowest BCUT2D eigenvalue weighted by Gasteiger charge is -2.10. The molecule has 0 radical (unpaired) electrons. The summed E-state index contributed by atoms with van der Waals surface area (Å²) in [5, 5.41) is 3.41. The summed E-state index contributed by atoms with van der Waals surface area (Å²) >= 11 is 0. The van der Waals surface area contributed by atoms with Crippen LogP contribution in [0, 0.1) is 0 Å². The maximum atomic E-state index is 5.63. The van der Waals surface area contributed by atoms with Gasteiger partial charge in [-0.3, -0.25) is 0 Å². The molecule has 1 aromatic rings. The van der Waals surface area contributed by atoms with Crippen LogP contribution in [0.15, 0.2) is 18.2 Å². The maximum Gasteiger partial charge on any atom is 0.231 e. The Morgan fingerprint density at radius 2 is 2.19 bits per heavy atom. The van der Waals surface area contributed by atoms with Crippen molar-refractivity contribution >= 4 is 0 Å². The van der Waals surface area contributed by atoms with Gasteiger partial charge in [-0.25, -0.2) is 0 Å². The van der Waals surface area contributed by atoms with Crippen molar-refractivity contribution < 1.29 is 18.9 Å². The summed E-state index contributed by atoms with van der Waals surface area (Å²) in [5.41, 5.74) is 1.21. The van der Waals surface area contributed by atoms with Crippen molar-refractivity contribution in [3.05, 3.63) is 23.8 Å². The molecule has 116 valence electrons. The number of rotatable bonds is 8. The number of hydrogen-bond donors (Lipinski definition) is 1. The third kappa shape index (κ3) is 4.33. The second kappa shape index (κ2) is 7.64. The van der Waals surface area contributed by atoms with E-state index in [4.69, 9.17) is 18.9 Å². The molecule has 2 aliphatic rings. The predicted octanol–water partition coefficient (Wildman–Crippen LogP) is 2.09. The van der Waals surface area contributed by atoms with Gasteiger partial charge in [-0.1, -0.05) is 6.07 Å². The molecule has 2 heterocycles. The van der Waals surface area contributed by atoms with E-state index < -0.39 is 0 Å². The molecule has 0 aromatic heterocycles. The maximum absolute atomic E-state index is 5.63. The minimum atomic E-state index is 0.326. The van der Waals surface area contributed by atoms with Crippen LogP contribution in [0.5, 0.6) is 11.5 Å². The Labute approximate surface area is 125 Å². The summed E-state index contributed by atoms with van der Waals surface area (Å²) in [6.07, 6.45) is 3.65. The van der Waals surface area contributed by atoms with Gasteiger partial charge in [0.1, 0.15) is 0 Å². The zero-order valence-electron chi connectivity index (χ0n) is 12.3. The molecule has 1 saturated heterocycles. The summed E-state index contributed by atoms with van der Waals surface area (Å²) in [4.78, 5) is 0. The lowest BCUT2D eigenvalue weighted by Crippen LogP contribution is -2.18. The van der Waals surface area contributed by atoms with E-state index in [1.54, 1.807) is 0 Å². The van der Waals surface area contributed by atoms with E-state index in [9.17, 15) is 0 Å². The highest BCUT2D eigenvalue weighted by Gasteiger charge is 2.15. The Bertz CT molecular complexity index is 446. The fraction of sp³-hybridized carbons (Fsp3) is 0.625. The van der Waals surface area contributed by atoms with E-state index in [1.165, 1.54) is 12.0 Å². The summed E-state index contributed by atoms with van der Waals surface area (Å²) in [5.74, 6) is 1.68. The Morgan fingerprint density at radius 1 is 1.24 bits per heavy atom. The molecule has 0 spiro atoms. The summed E-state index contributed by atoms with van der Waals surface area (Å²) in [6, 6.07) is 6.06. The van der Waals surface area contributed by atoms with Crippen molar-refractivity contribution in [1.29, 1.82) is 0 Å². The highest BCUT2D eigenvalue weighted by Crippen LogP contribution is 2.32. The van der Waals surface area contributed by atoms with Crippen LogP contribution in [0.4, 0.5) is 0 Å². The van der Waals surface area contributed by atoms with Crippen LogP contribution in [0.1, 0.15) is 24.8 Å². The standard InChI is InChI=1S/C16H23NO4/c1-3-14(19-8-1)11-18-7-2-6-17-10-13-4-5-15-16(9-13)21-12-20-15/h4-5,9,14,17H,1-3,6-8,10-12H2. The molecule has 1 unspecified atom stereocenters.